The largest absolute Gasteiger partial charge is 0.481 e. The second kappa shape index (κ2) is 6.91. The molecule has 0 aromatic heterocycles. The summed E-state index contributed by atoms with van der Waals surface area (Å²) in [6.07, 6.45) is 5.87. The highest BCUT2D eigenvalue weighted by atomic mass is 16.5. The van der Waals surface area contributed by atoms with Gasteiger partial charge in [0.05, 0.1) is 12.3 Å². The summed E-state index contributed by atoms with van der Waals surface area (Å²) in [5, 5.41) is 9.19. The molecule has 1 saturated carbocycles. The SMILES string of the molecule is C=CCCC[C@@H]1C[C@H]1OC(=O)C[C@H](C(=O)O)C(C)(C)C. The van der Waals surface area contributed by atoms with Crippen molar-refractivity contribution in [2.24, 2.45) is 17.3 Å². The summed E-state index contributed by atoms with van der Waals surface area (Å²) in [6.45, 7) is 9.16. The van der Waals surface area contributed by atoms with Crippen LogP contribution in [0.2, 0.25) is 0 Å². The molecule has 1 aliphatic rings. The lowest BCUT2D eigenvalue weighted by Gasteiger charge is -2.26. The highest BCUT2D eigenvalue weighted by Crippen LogP contribution is 2.39. The van der Waals surface area contributed by atoms with Gasteiger partial charge in [0, 0.05) is 0 Å². The van der Waals surface area contributed by atoms with Gasteiger partial charge in [-0.2, -0.15) is 0 Å². The fraction of sp³-hybridized carbons (Fsp3) is 0.750. The van der Waals surface area contributed by atoms with Crippen molar-refractivity contribution in [1.29, 1.82) is 0 Å². The second-order valence-corrected chi connectivity index (χ2v) is 6.70. The quantitative estimate of drug-likeness (QED) is 0.421. The van der Waals surface area contributed by atoms with Crippen LogP contribution in [-0.4, -0.2) is 23.1 Å². The summed E-state index contributed by atoms with van der Waals surface area (Å²) >= 11 is 0. The summed E-state index contributed by atoms with van der Waals surface area (Å²) in [4.78, 5) is 23.0. The first kappa shape index (κ1) is 16.7. The molecule has 0 heterocycles. The third-order valence-corrected chi connectivity index (χ3v) is 3.84. The smallest absolute Gasteiger partial charge is 0.307 e. The number of rotatable bonds is 8. The molecule has 0 unspecified atom stereocenters. The van der Waals surface area contributed by atoms with Gasteiger partial charge in [-0.3, -0.25) is 9.59 Å². The zero-order valence-electron chi connectivity index (χ0n) is 12.7. The first-order valence-corrected chi connectivity index (χ1v) is 7.29. The lowest BCUT2D eigenvalue weighted by atomic mass is 9.79. The highest BCUT2D eigenvalue weighted by molar-refractivity contribution is 5.79. The number of hydrogen-bond acceptors (Lipinski definition) is 3. The first-order chi connectivity index (χ1) is 9.25. The van der Waals surface area contributed by atoms with Gasteiger partial charge in [0.1, 0.15) is 6.10 Å². The van der Waals surface area contributed by atoms with E-state index in [2.05, 4.69) is 6.58 Å². The fourth-order valence-electron chi connectivity index (χ4n) is 2.34. The van der Waals surface area contributed by atoms with Crippen LogP contribution in [0.5, 0.6) is 0 Å². The van der Waals surface area contributed by atoms with Gasteiger partial charge in [-0.05, 0) is 37.0 Å². The molecule has 0 bridgehead atoms. The average molecular weight is 282 g/mol. The Bertz CT molecular complexity index is 367. The van der Waals surface area contributed by atoms with Crippen molar-refractivity contribution in [3.05, 3.63) is 12.7 Å². The number of carboxylic acids is 1. The molecule has 3 atom stereocenters. The number of ether oxygens (including phenoxy) is 1. The second-order valence-electron chi connectivity index (χ2n) is 6.70. The minimum Gasteiger partial charge on any atom is -0.481 e. The molecular weight excluding hydrogens is 256 g/mol. The van der Waals surface area contributed by atoms with Crippen LogP contribution in [0.1, 0.15) is 52.9 Å². The van der Waals surface area contributed by atoms with E-state index in [0.717, 1.165) is 25.7 Å². The van der Waals surface area contributed by atoms with Crippen molar-refractivity contribution in [3.8, 4) is 0 Å². The van der Waals surface area contributed by atoms with Crippen LogP contribution in [0.25, 0.3) is 0 Å². The molecule has 0 radical (unpaired) electrons. The molecule has 1 N–H and O–H groups in total. The average Bonchev–Trinajstić information content (AvgIpc) is 3.03. The summed E-state index contributed by atoms with van der Waals surface area (Å²) in [5.74, 6) is -1.57. The number of hydrogen-bond donors (Lipinski definition) is 1. The molecule has 0 spiro atoms. The molecule has 4 heteroatoms. The third kappa shape index (κ3) is 5.35. The van der Waals surface area contributed by atoms with Gasteiger partial charge in [0.15, 0.2) is 0 Å². The van der Waals surface area contributed by atoms with Gasteiger partial charge in [-0.1, -0.05) is 26.8 Å². The van der Waals surface area contributed by atoms with E-state index in [-0.39, 0.29) is 18.5 Å². The maximum Gasteiger partial charge on any atom is 0.307 e. The van der Waals surface area contributed by atoms with Gasteiger partial charge in [0.2, 0.25) is 0 Å². The fourth-order valence-corrected chi connectivity index (χ4v) is 2.34. The van der Waals surface area contributed by atoms with Crippen LogP contribution in [0.3, 0.4) is 0 Å². The lowest BCUT2D eigenvalue weighted by molar-refractivity contribution is -0.156. The maximum atomic E-state index is 11.8. The number of carboxylic acid groups (broad SMARTS) is 1. The van der Waals surface area contributed by atoms with E-state index in [1.54, 1.807) is 0 Å². The summed E-state index contributed by atoms with van der Waals surface area (Å²) in [5.41, 5.74) is -0.447. The topological polar surface area (TPSA) is 63.6 Å². The molecular formula is C16H26O4. The van der Waals surface area contributed by atoms with Crippen LogP contribution in [-0.2, 0) is 14.3 Å². The molecule has 4 nitrogen and oxygen atoms in total. The Labute approximate surface area is 121 Å². The van der Waals surface area contributed by atoms with Crippen molar-refractivity contribution in [2.45, 2.75) is 59.0 Å². The van der Waals surface area contributed by atoms with Crippen LogP contribution in [0.15, 0.2) is 12.7 Å². The summed E-state index contributed by atoms with van der Waals surface area (Å²) in [6, 6.07) is 0. The molecule has 0 aliphatic heterocycles. The van der Waals surface area contributed by atoms with Gasteiger partial charge >= 0.3 is 11.9 Å². The molecule has 1 aliphatic carbocycles. The predicted octanol–water partition coefficient (Wildman–Crippen LogP) is 3.41. The normalized spacial score (nSPS) is 22.9. The van der Waals surface area contributed by atoms with Crippen LogP contribution >= 0.6 is 0 Å². The Balaban J connectivity index is 2.34. The van der Waals surface area contributed by atoms with Gasteiger partial charge in [0.25, 0.3) is 0 Å². The first-order valence-electron chi connectivity index (χ1n) is 7.29. The standard InChI is InChI=1S/C16H26O4/c1-5-6-7-8-11-9-13(11)20-14(17)10-12(15(18)19)16(2,3)4/h5,11-13H,1,6-10H2,2-4H3,(H,18,19)/t11-,12-,13-/m1/s1. The van der Waals surface area contributed by atoms with Crippen molar-refractivity contribution >= 4 is 11.9 Å². The van der Waals surface area contributed by atoms with Crippen LogP contribution < -0.4 is 0 Å². The summed E-state index contributed by atoms with van der Waals surface area (Å²) < 4.78 is 5.35. The van der Waals surface area contributed by atoms with E-state index in [4.69, 9.17) is 4.74 Å². The number of allylic oxidation sites excluding steroid dienone is 1. The monoisotopic (exact) mass is 282 g/mol. The summed E-state index contributed by atoms with van der Waals surface area (Å²) in [7, 11) is 0. The third-order valence-electron chi connectivity index (χ3n) is 3.84. The molecule has 0 saturated heterocycles. The zero-order valence-corrected chi connectivity index (χ0v) is 12.7. The minimum absolute atomic E-state index is 0.00160. The molecule has 0 aromatic carbocycles. The maximum absolute atomic E-state index is 11.8. The molecule has 1 fully saturated rings. The number of unbranched alkanes of at least 4 members (excludes halogenated alkanes) is 1. The Morgan fingerprint density at radius 3 is 2.60 bits per heavy atom. The van der Waals surface area contributed by atoms with E-state index < -0.39 is 17.3 Å². The number of carbonyl (C=O) groups excluding carboxylic acids is 1. The Kier molecular flexibility index (Phi) is 5.78. The molecule has 0 aromatic rings. The van der Waals surface area contributed by atoms with E-state index in [0.29, 0.717) is 5.92 Å². The van der Waals surface area contributed by atoms with Crippen molar-refractivity contribution in [1.82, 2.24) is 0 Å². The molecule has 1 rings (SSSR count). The van der Waals surface area contributed by atoms with Crippen molar-refractivity contribution < 1.29 is 19.4 Å². The Hall–Kier alpha value is -1.32. The van der Waals surface area contributed by atoms with E-state index in [1.807, 2.05) is 26.8 Å². The number of carbonyl (C=O) groups is 2. The van der Waals surface area contributed by atoms with Crippen molar-refractivity contribution in [3.63, 3.8) is 0 Å². The van der Waals surface area contributed by atoms with Gasteiger partial charge < -0.3 is 9.84 Å². The number of esters is 1. The molecule has 114 valence electrons. The molecule has 0 amide bonds. The minimum atomic E-state index is -0.937. The molecule has 20 heavy (non-hydrogen) atoms. The van der Waals surface area contributed by atoms with Crippen LogP contribution in [0.4, 0.5) is 0 Å². The van der Waals surface area contributed by atoms with Gasteiger partial charge in [-0.15, -0.1) is 6.58 Å². The van der Waals surface area contributed by atoms with E-state index in [1.165, 1.54) is 0 Å². The Morgan fingerprint density at radius 1 is 1.45 bits per heavy atom. The lowest BCUT2D eigenvalue weighted by Crippen LogP contribution is -2.31. The van der Waals surface area contributed by atoms with Gasteiger partial charge in [-0.25, -0.2) is 0 Å². The Morgan fingerprint density at radius 2 is 2.10 bits per heavy atom. The van der Waals surface area contributed by atoms with E-state index in [9.17, 15) is 14.7 Å². The zero-order chi connectivity index (χ0) is 15.3. The number of aliphatic carboxylic acids is 1. The van der Waals surface area contributed by atoms with E-state index >= 15 is 0 Å². The van der Waals surface area contributed by atoms with Crippen LogP contribution in [0, 0.1) is 17.3 Å². The van der Waals surface area contributed by atoms with Crippen molar-refractivity contribution in [2.75, 3.05) is 0 Å². The predicted molar refractivity (Wildman–Crippen MR) is 77.2 cm³/mol. The highest BCUT2D eigenvalue weighted by Gasteiger charge is 2.41.